The molecule has 0 aliphatic heterocycles. The van der Waals surface area contributed by atoms with Gasteiger partial charge in [-0.05, 0) is 37.0 Å². The number of rotatable bonds is 3. The molecule has 5 nitrogen and oxygen atoms in total. The van der Waals surface area contributed by atoms with Gasteiger partial charge < -0.3 is 14.8 Å². The number of carboxylic acids is 1. The molecule has 0 amide bonds. The van der Waals surface area contributed by atoms with Crippen molar-refractivity contribution in [3.63, 3.8) is 0 Å². The van der Waals surface area contributed by atoms with Crippen molar-refractivity contribution in [3.8, 4) is 0 Å². The molecule has 0 atom stereocenters. The zero-order chi connectivity index (χ0) is 12.3. The van der Waals surface area contributed by atoms with Gasteiger partial charge >= 0.3 is 63.3 Å². The largest absolute Gasteiger partial charge is 1.00 e. The van der Waals surface area contributed by atoms with E-state index in [0.29, 0.717) is 0 Å². The average Bonchev–Trinajstić information content (AvgIpc) is 2.15. The molecule has 0 unspecified atom stereocenters. The summed E-state index contributed by atoms with van der Waals surface area (Å²) in [6, 6.07) is 5.82. The van der Waals surface area contributed by atoms with E-state index < -0.39 is 22.2 Å². The maximum atomic E-state index is 11.6. The van der Waals surface area contributed by atoms with Gasteiger partial charge in [0.2, 0.25) is 0 Å². The molecule has 1 aromatic carbocycles. The minimum atomic E-state index is -1.40. The quantitative estimate of drug-likeness (QED) is 0.721. The van der Waals surface area contributed by atoms with E-state index in [-0.39, 0.29) is 68.0 Å². The van der Waals surface area contributed by atoms with Gasteiger partial charge in [0.1, 0.15) is 0 Å². The summed E-state index contributed by atoms with van der Waals surface area (Å²) in [5.74, 6) is -1.54. The van der Waals surface area contributed by atoms with Crippen LogP contribution in [-0.4, -0.2) is 41.3 Å². The molecular weight excluding hydrogens is 283 g/mol. The zero-order valence-corrected chi connectivity index (χ0v) is 14.8. The third-order valence-corrected chi connectivity index (χ3v) is 2.32. The number of hydrogen-bond donors (Lipinski definition) is 1. The Labute approximate surface area is 150 Å². The zero-order valence-electron chi connectivity index (χ0n) is 10.8. The number of carbonyl (C=O) groups excluding carboxylic acids is 1. The molecule has 0 spiro atoms. The summed E-state index contributed by atoms with van der Waals surface area (Å²) in [6.45, 7) is 0. The van der Waals surface area contributed by atoms with E-state index in [1.165, 1.54) is 18.2 Å². The van der Waals surface area contributed by atoms with Crippen molar-refractivity contribution in [1.82, 2.24) is 0 Å². The van der Waals surface area contributed by atoms with Gasteiger partial charge in [-0.1, -0.05) is 16.4 Å². The Kier molecular flexibility index (Phi) is 9.43. The van der Waals surface area contributed by atoms with Gasteiger partial charge in [0.25, 0.3) is 0 Å². The Morgan fingerprint density at radius 1 is 1.17 bits per heavy atom. The van der Waals surface area contributed by atoms with Crippen LogP contribution in [0.15, 0.2) is 24.3 Å². The molecule has 1 rings (SSSR count). The third-order valence-electron chi connectivity index (χ3n) is 1.67. The first-order valence-corrected chi connectivity index (χ1v) is 7.33. The summed E-state index contributed by atoms with van der Waals surface area (Å²) < 4.78 is 5.21. The van der Waals surface area contributed by atoms with Crippen LogP contribution < -0.4 is 51.4 Å². The molecule has 0 aliphatic carbocycles. The predicted molar refractivity (Wildman–Crippen MR) is 66.1 cm³/mol. The Morgan fingerprint density at radius 2 is 1.67 bits per heavy atom. The fraction of sp³-hybridized carbons (Fsp3) is 0.273. The molecular formula is C11H15KO5S. The van der Waals surface area contributed by atoms with Crippen LogP contribution in [-0.2, 0) is 4.18 Å². The molecule has 96 valence electrons. The van der Waals surface area contributed by atoms with Crippen LogP contribution in [0.4, 0.5) is 0 Å². The van der Waals surface area contributed by atoms with E-state index in [4.69, 9.17) is 9.29 Å². The minimum Gasteiger partial charge on any atom is -0.870 e. The molecule has 0 bridgehead atoms. The van der Waals surface area contributed by atoms with Gasteiger partial charge in [-0.3, -0.25) is 0 Å². The van der Waals surface area contributed by atoms with Crippen LogP contribution in [0.3, 0.4) is 0 Å². The van der Waals surface area contributed by atoms with E-state index >= 15 is 0 Å². The van der Waals surface area contributed by atoms with Crippen molar-refractivity contribution in [3.05, 3.63) is 35.4 Å². The Balaban J connectivity index is 0. The normalized spacial score (nSPS) is 10.6. The molecule has 2 N–H and O–H groups in total. The van der Waals surface area contributed by atoms with Crippen molar-refractivity contribution in [2.75, 3.05) is 18.8 Å². The summed E-state index contributed by atoms with van der Waals surface area (Å²) in [4.78, 5) is 22.4. The fourth-order valence-electron chi connectivity index (χ4n) is 1.05. The van der Waals surface area contributed by atoms with Gasteiger partial charge in [-0.25, -0.2) is 9.59 Å². The molecule has 0 radical (unpaired) electrons. The molecule has 0 aromatic heterocycles. The van der Waals surface area contributed by atoms with Crippen LogP contribution in [0, 0.1) is 0 Å². The molecule has 7 heteroatoms. The Morgan fingerprint density at radius 3 is 2.11 bits per heavy atom. The molecule has 0 heterocycles. The van der Waals surface area contributed by atoms with E-state index in [1.807, 2.05) is 18.8 Å². The van der Waals surface area contributed by atoms with Crippen LogP contribution in [0.1, 0.15) is 20.7 Å². The van der Waals surface area contributed by atoms with Crippen molar-refractivity contribution in [1.29, 1.82) is 0 Å². The third kappa shape index (κ3) is 6.88. The van der Waals surface area contributed by atoms with Crippen LogP contribution in [0.5, 0.6) is 0 Å². The summed E-state index contributed by atoms with van der Waals surface area (Å²) in [5.41, 5.74) is 0.348. The van der Waals surface area contributed by atoms with Gasteiger partial charge in [0, 0.05) is 0 Å². The number of hydrogen-bond acceptors (Lipinski definition) is 4. The molecule has 0 saturated carbocycles. The maximum Gasteiger partial charge on any atom is 1.00 e. The number of carboxylic acid groups (broad SMARTS) is 1. The van der Waals surface area contributed by atoms with E-state index in [0.717, 1.165) is 0 Å². The number of carbonyl (C=O) groups is 2. The summed E-state index contributed by atoms with van der Waals surface area (Å²) in [5, 5.41) is 8.78. The van der Waals surface area contributed by atoms with Crippen molar-refractivity contribution in [2.45, 2.75) is 0 Å². The average molecular weight is 298 g/mol. The molecule has 0 saturated heterocycles. The van der Waals surface area contributed by atoms with Crippen LogP contribution in [0.2, 0.25) is 0 Å². The van der Waals surface area contributed by atoms with Crippen LogP contribution in [0.25, 0.3) is 0 Å². The molecule has 0 fully saturated rings. The second-order valence-corrected chi connectivity index (χ2v) is 7.60. The van der Waals surface area contributed by atoms with Gasteiger partial charge in [-0.15, -0.1) is 0 Å². The molecule has 0 aliphatic rings. The van der Waals surface area contributed by atoms with Gasteiger partial charge in [0.05, 0.1) is 11.1 Å². The van der Waals surface area contributed by atoms with E-state index in [1.54, 1.807) is 6.07 Å². The van der Waals surface area contributed by atoms with E-state index in [2.05, 4.69) is 0 Å². The van der Waals surface area contributed by atoms with E-state index in [9.17, 15) is 9.59 Å². The smallest absolute Gasteiger partial charge is 0.870 e. The van der Waals surface area contributed by atoms with Gasteiger partial charge in [-0.2, -0.15) is 0 Å². The monoisotopic (exact) mass is 298 g/mol. The van der Waals surface area contributed by atoms with Crippen LogP contribution >= 0.6 is 10.3 Å². The molecule has 18 heavy (non-hydrogen) atoms. The fourth-order valence-corrected chi connectivity index (χ4v) is 1.60. The Bertz CT molecular complexity index is 428. The minimum absolute atomic E-state index is 0. The maximum absolute atomic E-state index is 11.6. The summed E-state index contributed by atoms with van der Waals surface area (Å²) in [6.07, 6.45) is 5.52. The van der Waals surface area contributed by atoms with Crippen molar-refractivity contribution in [2.24, 2.45) is 0 Å². The topological polar surface area (TPSA) is 93.6 Å². The molecule has 1 aromatic rings. The summed E-state index contributed by atoms with van der Waals surface area (Å²) >= 11 is 0. The second kappa shape index (κ2) is 8.31. The first kappa shape index (κ1) is 20.4. The van der Waals surface area contributed by atoms with Gasteiger partial charge in [0.15, 0.2) is 0 Å². The first-order valence-electron chi connectivity index (χ1n) is 4.55. The predicted octanol–water partition coefficient (Wildman–Crippen LogP) is -1.02. The Hall–Kier alpha value is 0.106. The summed E-state index contributed by atoms with van der Waals surface area (Å²) in [7, 11) is -1.40. The van der Waals surface area contributed by atoms with Crippen molar-refractivity contribution < 1.29 is 75.7 Å². The number of benzene rings is 1. The second-order valence-electron chi connectivity index (χ2n) is 3.98. The van der Waals surface area contributed by atoms with Crippen molar-refractivity contribution >= 4 is 22.2 Å². The SMILES string of the molecule is CS(C)(C)OC(=O)c1cccc(C(=O)O)c1.[K+].[OH-]. The standard InChI is InChI=1S/C11H14O4S.K.H2O/c1-16(2,3)15-11(14)9-6-4-5-8(7-9)10(12)13;;/h4-7H,1-3H3,(H,12,13);;1H2/q;+1;/p-1. The first-order chi connectivity index (χ1) is 7.29. The number of aromatic carboxylic acids is 1.